The maximum Gasteiger partial charge on any atom is 0.237 e. The molecule has 0 spiro atoms. The lowest BCUT2D eigenvalue weighted by Crippen LogP contribution is -2.42. The second-order valence-electron chi connectivity index (χ2n) is 4.42. The second-order valence-corrected chi connectivity index (χ2v) is 4.42. The average molecular weight is 267 g/mol. The zero-order valence-corrected chi connectivity index (χ0v) is 10.8. The molecule has 106 valence electrons. The van der Waals surface area contributed by atoms with Gasteiger partial charge in [0.15, 0.2) is 11.5 Å². The van der Waals surface area contributed by atoms with Crippen molar-refractivity contribution < 1.29 is 15.0 Å². The number of phenols is 2. The molecule has 6 heteroatoms. The normalized spacial score (nSPS) is 12.1. The Kier molecular flexibility index (Phi) is 6.11. The van der Waals surface area contributed by atoms with Crippen molar-refractivity contribution in [2.45, 2.75) is 25.3 Å². The van der Waals surface area contributed by atoms with Gasteiger partial charge in [0.1, 0.15) is 0 Å². The number of hydrogen-bond donors (Lipinski definition) is 5. The summed E-state index contributed by atoms with van der Waals surface area (Å²) in [7, 11) is 0. The van der Waals surface area contributed by atoms with Crippen LogP contribution in [0.25, 0.3) is 0 Å². The number of aromatic hydroxyl groups is 2. The van der Waals surface area contributed by atoms with Crippen molar-refractivity contribution >= 4 is 5.91 Å². The van der Waals surface area contributed by atoms with Gasteiger partial charge in [-0.05, 0) is 43.5 Å². The van der Waals surface area contributed by atoms with Crippen LogP contribution in [0.1, 0.15) is 18.4 Å². The fourth-order valence-corrected chi connectivity index (χ4v) is 1.65. The van der Waals surface area contributed by atoms with Crippen LogP contribution in [-0.4, -0.2) is 35.3 Å². The molecule has 19 heavy (non-hydrogen) atoms. The third-order valence-corrected chi connectivity index (χ3v) is 2.76. The first-order chi connectivity index (χ1) is 9.04. The van der Waals surface area contributed by atoms with Crippen LogP contribution >= 0.6 is 0 Å². The lowest BCUT2D eigenvalue weighted by atomic mass is 10.1. The summed E-state index contributed by atoms with van der Waals surface area (Å²) in [5.41, 5.74) is 11.8. The van der Waals surface area contributed by atoms with Gasteiger partial charge in [-0.1, -0.05) is 6.07 Å². The van der Waals surface area contributed by atoms with Crippen molar-refractivity contribution in [3.63, 3.8) is 0 Å². The minimum absolute atomic E-state index is 0.191. The third-order valence-electron chi connectivity index (χ3n) is 2.76. The Labute approximate surface area is 112 Å². The highest BCUT2D eigenvalue weighted by molar-refractivity contribution is 5.81. The highest BCUT2D eigenvalue weighted by Crippen LogP contribution is 2.25. The number of benzene rings is 1. The van der Waals surface area contributed by atoms with E-state index in [0.717, 1.165) is 12.8 Å². The summed E-state index contributed by atoms with van der Waals surface area (Å²) in [6.45, 7) is 1.17. The van der Waals surface area contributed by atoms with E-state index in [1.54, 1.807) is 6.07 Å². The van der Waals surface area contributed by atoms with E-state index in [1.807, 2.05) is 0 Å². The molecule has 1 aromatic carbocycles. The summed E-state index contributed by atoms with van der Waals surface area (Å²) in [4.78, 5) is 11.7. The summed E-state index contributed by atoms with van der Waals surface area (Å²) >= 11 is 0. The predicted octanol–water partition coefficient (Wildman–Crippen LogP) is -0.177. The van der Waals surface area contributed by atoms with Gasteiger partial charge in [-0.2, -0.15) is 0 Å². The lowest BCUT2D eigenvalue weighted by Gasteiger charge is -2.12. The topological polar surface area (TPSA) is 122 Å². The first-order valence-corrected chi connectivity index (χ1v) is 6.28. The highest BCUT2D eigenvalue weighted by atomic mass is 16.3. The van der Waals surface area contributed by atoms with Gasteiger partial charge >= 0.3 is 0 Å². The summed E-state index contributed by atoms with van der Waals surface area (Å²) < 4.78 is 0. The number of carbonyl (C=O) groups excluding carboxylic acids is 1. The molecule has 0 saturated heterocycles. The largest absolute Gasteiger partial charge is 0.504 e. The lowest BCUT2D eigenvalue weighted by molar-refractivity contribution is -0.122. The number of carbonyl (C=O) groups is 1. The van der Waals surface area contributed by atoms with Gasteiger partial charge < -0.3 is 27.0 Å². The summed E-state index contributed by atoms with van der Waals surface area (Å²) in [5, 5.41) is 21.3. The number of nitrogens with one attached hydrogen (secondary N) is 1. The molecule has 0 radical (unpaired) electrons. The second kappa shape index (κ2) is 7.60. The molecule has 1 rings (SSSR count). The first kappa shape index (κ1) is 15.3. The Morgan fingerprint density at radius 1 is 1.26 bits per heavy atom. The SMILES string of the molecule is NCCCCNC(=O)[C@@H](N)Cc1ccc(O)c(O)c1. The molecule has 1 aromatic rings. The van der Waals surface area contributed by atoms with Crippen molar-refractivity contribution in [1.82, 2.24) is 5.32 Å². The molecule has 1 amide bonds. The monoisotopic (exact) mass is 267 g/mol. The Balaban J connectivity index is 2.42. The molecule has 0 heterocycles. The predicted molar refractivity (Wildman–Crippen MR) is 72.7 cm³/mol. The number of phenolic OH excluding ortho intramolecular Hbond substituents is 2. The Morgan fingerprint density at radius 2 is 2.00 bits per heavy atom. The quantitative estimate of drug-likeness (QED) is 0.346. The maximum atomic E-state index is 11.7. The fourth-order valence-electron chi connectivity index (χ4n) is 1.65. The van der Waals surface area contributed by atoms with Gasteiger partial charge in [0.2, 0.25) is 5.91 Å². The number of hydrogen-bond acceptors (Lipinski definition) is 5. The van der Waals surface area contributed by atoms with Gasteiger partial charge in [0.25, 0.3) is 0 Å². The standard InChI is InChI=1S/C13H21N3O3/c14-5-1-2-6-16-13(19)10(15)7-9-3-4-11(17)12(18)8-9/h3-4,8,10,17-18H,1-2,5-7,14-15H2,(H,16,19)/t10-/m0/s1. The van der Waals surface area contributed by atoms with Crippen molar-refractivity contribution in [2.24, 2.45) is 11.5 Å². The molecular formula is C13H21N3O3. The number of unbranched alkanes of at least 4 members (excludes halogenated alkanes) is 1. The van der Waals surface area contributed by atoms with E-state index in [-0.39, 0.29) is 17.4 Å². The molecule has 0 aliphatic rings. The van der Waals surface area contributed by atoms with E-state index < -0.39 is 6.04 Å². The van der Waals surface area contributed by atoms with Crippen molar-refractivity contribution in [2.75, 3.05) is 13.1 Å². The molecule has 0 unspecified atom stereocenters. The first-order valence-electron chi connectivity index (χ1n) is 6.28. The molecule has 0 saturated carbocycles. The van der Waals surface area contributed by atoms with Gasteiger partial charge in [0.05, 0.1) is 6.04 Å². The number of amides is 1. The highest BCUT2D eigenvalue weighted by Gasteiger charge is 2.14. The van der Waals surface area contributed by atoms with Crippen LogP contribution in [0.4, 0.5) is 0 Å². The van der Waals surface area contributed by atoms with Crippen LogP contribution in [0.3, 0.4) is 0 Å². The molecule has 0 aliphatic carbocycles. The molecule has 0 aliphatic heterocycles. The molecule has 6 nitrogen and oxygen atoms in total. The van der Waals surface area contributed by atoms with E-state index in [9.17, 15) is 15.0 Å². The summed E-state index contributed by atoms with van der Waals surface area (Å²) in [5.74, 6) is -0.638. The van der Waals surface area contributed by atoms with Gasteiger partial charge in [-0.15, -0.1) is 0 Å². The fraction of sp³-hybridized carbons (Fsp3) is 0.462. The van der Waals surface area contributed by atoms with Crippen LogP contribution in [0, 0.1) is 0 Å². The third kappa shape index (κ3) is 5.15. The molecular weight excluding hydrogens is 246 g/mol. The minimum atomic E-state index is -0.679. The van der Waals surface area contributed by atoms with Gasteiger partial charge in [-0.3, -0.25) is 4.79 Å². The maximum absolute atomic E-state index is 11.7. The van der Waals surface area contributed by atoms with E-state index in [4.69, 9.17) is 11.5 Å². The van der Waals surface area contributed by atoms with E-state index >= 15 is 0 Å². The van der Waals surface area contributed by atoms with Crippen molar-refractivity contribution in [3.8, 4) is 11.5 Å². The number of nitrogens with two attached hydrogens (primary N) is 2. The average Bonchev–Trinajstić information content (AvgIpc) is 2.38. The van der Waals surface area contributed by atoms with Gasteiger partial charge in [-0.25, -0.2) is 0 Å². The van der Waals surface area contributed by atoms with Crippen LogP contribution in [0.2, 0.25) is 0 Å². The molecule has 0 bridgehead atoms. The molecule has 1 atom stereocenters. The smallest absolute Gasteiger partial charge is 0.237 e. The van der Waals surface area contributed by atoms with Crippen molar-refractivity contribution in [1.29, 1.82) is 0 Å². The Bertz CT molecular complexity index is 424. The molecule has 0 aromatic heterocycles. The zero-order chi connectivity index (χ0) is 14.3. The van der Waals surface area contributed by atoms with Crippen LogP contribution in [0.15, 0.2) is 18.2 Å². The van der Waals surface area contributed by atoms with Crippen LogP contribution in [0.5, 0.6) is 11.5 Å². The molecule has 7 N–H and O–H groups in total. The zero-order valence-electron chi connectivity index (χ0n) is 10.8. The molecule has 0 fully saturated rings. The van der Waals surface area contributed by atoms with Crippen molar-refractivity contribution in [3.05, 3.63) is 23.8 Å². The van der Waals surface area contributed by atoms with E-state index in [2.05, 4.69) is 5.32 Å². The minimum Gasteiger partial charge on any atom is -0.504 e. The van der Waals surface area contributed by atoms with Crippen LogP contribution < -0.4 is 16.8 Å². The summed E-state index contributed by atoms with van der Waals surface area (Å²) in [6, 6.07) is 3.71. The number of rotatable bonds is 7. The Morgan fingerprint density at radius 3 is 2.63 bits per heavy atom. The van der Waals surface area contributed by atoms with Crippen LogP contribution in [-0.2, 0) is 11.2 Å². The van der Waals surface area contributed by atoms with E-state index in [0.29, 0.717) is 25.1 Å². The van der Waals surface area contributed by atoms with Gasteiger partial charge in [0, 0.05) is 6.54 Å². The summed E-state index contributed by atoms with van der Waals surface area (Å²) in [6.07, 6.45) is 1.99. The van der Waals surface area contributed by atoms with E-state index in [1.165, 1.54) is 12.1 Å². The Hall–Kier alpha value is -1.79.